The maximum absolute atomic E-state index is 12.5. The van der Waals surface area contributed by atoms with E-state index < -0.39 is 5.97 Å². The van der Waals surface area contributed by atoms with Crippen LogP contribution in [0, 0.1) is 6.92 Å². The summed E-state index contributed by atoms with van der Waals surface area (Å²) in [7, 11) is 0. The van der Waals surface area contributed by atoms with E-state index in [4.69, 9.17) is 5.11 Å². The molecule has 2 N–H and O–H groups in total. The highest BCUT2D eigenvalue weighted by molar-refractivity contribution is 6.13. The van der Waals surface area contributed by atoms with Crippen molar-refractivity contribution in [2.45, 2.75) is 6.92 Å². The second-order valence-electron chi connectivity index (χ2n) is 5.70. The van der Waals surface area contributed by atoms with E-state index in [-0.39, 0.29) is 11.3 Å². The van der Waals surface area contributed by atoms with Crippen molar-refractivity contribution in [2.24, 2.45) is 0 Å². The fourth-order valence-corrected chi connectivity index (χ4v) is 2.70. The summed E-state index contributed by atoms with van der Waals surface area (Å²) in [5.74, 6) is -1.06. The zero-order valence-electron chi connectivity index (χ0n) is 13.7. The van der Waals surface area contributed by atoms with Gasteiger partial charge in [0.1, 0.15) is 0 Å². The number of allylic oxidation sites excluding steroid dienone is 1. The standard InChI is InChI=1S/C21H17NO3/c1-14-13-16(21(24)25)9-10-19(14)22-12-11-20(23)18-8-4-6-15-5-2-3-7-17(15)18/h2-13,22H,1H3,(H,24,25)/b12-11+. The average molecular weight is 331 g/mol. The van der Waals surface area contributed by atoms with Gasteiger partial charge >= 0.3 is 5.97 Å². The molecule has 4 nitrogen and oxygen atoms in total. The number of benzene rings is 3. The van der Waals surface area contributed by atoms with Crippen LogP contribution in [0.4, 0.5) is 5.69 Å². The molecule has 0 spiro atoms. The van der Waals surface area contributed by atoms with Crippen molar-refractivity contribution in [1.29, 1.82) is 0 Å². The van der Waals surface area contributed by atoms with Gasteiger partial charge in [-0.3, -0.25) is 4.79 Å². The molecule has 0 saturated carbocycles. The van der Waals surface area contributed by atoms with Gasteiger partial charge < -0.3 is 10.4 Å². The predicted molar refractivity (Wildman–Crippen MR) is 99.2 cm³/mol. The maximum Gasteiger partial charge on any atom is 0.335 e. The lowest BCUT2D eigenvalue weighted by Crippen LogP contribution is -2.00. The van der Waals surface area contributed by atoms with Crippen molar-refractivity contribution in [2.75, 3.05) is 5.32 Å². The Hall–Kier alpha value is -3.40. The first-order valence-corrected chi connectivity index (χ1v) is 7.85. The molecule has 0 saturated heterocycles. The van der Waals surface area contributed by atoms with Crippen molar-refractivity contribution in [1.82, 2.24) is 0 Å². The van der Waals surface area contributed by atoms with Gasteiger partial charge in [-0.1, -0.05) is 42.5 Å². The zero-order valence-corrected chi connectivity index (χ0v) is 13.7. The summed E-state index contributed by atoms with van der Waals surface area (Å²) in [4.78, 5) is 23.4. The summed E-state index contributed by atoms with van der Waals surface area (Å²) in [6.07, 6.45) is 3.05. The second kappa shape index (κ2) is 7.01. The van der Waals surface area contributed by atoms with Crippen LogP contribution in [0.5, 0.6) is 0 Å². The van der Waals surface area contributed by atoms with Crippen molar-refractivity contribution in [3.05, 3.63) is 89.6 Å². The molecular weight excluding hydrogens is 314 g/mol. The molecule has 0 atom stereocenters. The second-order valence-corrected chi connectivity index (χ2v) is 5.70. The molecule has 3 aromatic rings. The highest BCUT2D eigenvalue weighted by atomic mass is 16.4. The molecule has 0 aliphatic rings. The van der Waals surface area contributed by atoms with Gasteiger partial charge in [0.2, 0.25) is 0 Å². The van der Waals surface area contributed by atoms with E-state index in [1.807, 2.05) is 49.4 Å². The summed E-state index contributed by atoms with van der Waals surface area (Å²) in [6.45, 7) is 1.81. The third-order valence-electron chi connectivity index (χ3n) is 4.00. The quantitative estimate of drug-likeness (QED) is 0.527. The first-order valence-electron chi connectivity index (χ1n) is 7.85. The van der Waals surface area contributed by atoms with Gasteiger partial charge in [0, 0.05) is 23.5 Å². The van der Waals surface area contributed by atoms with Crippen LogP contribution in [0.3, 0.4) is 0 Å². The minimum atomic E-state index is -0.962. The van der Waals surface area contributed by atoms with Gasteiger partial charge in [-0.15, -0.1) is 0 Å². The van der Waals surface area contributed by atoms with Crippen LogP contribution in [0.2, 0.25) is 0 Å². The SMILES string of the molecule is Cc1cc(C(=O)O)ccc1N/C=C/C(=O)c1cccc2ccccc12. The number of anilines is 1. The third kappa shape index (κ3) is 3.58. The largest absolute Gasteiger partial charge is 0.478 e. The summed E-state index contributed by atoms with van der Waals surface area (Å²) < 4.78 is 0. The summed E-state index contributed by atoms with van der Waals surface area (Å²) in [5, 5.41) is 14.0. The van der Waals surface area contributed by atoms with Gasteiger partial charge in [-0.05, 0) is 41.5 Å². The van der Waals surface area contributed by atoms with Crippen LogP contribution < -0.4 is 5.32 Å². The van der Waals surface area contributed by atoms with Crippen LogP contribution in [-0.4, -0.2) is 16.9 Å². The fraction of sp³-hybridized carbons (Fsp3) is 0.0476. The Morgan fingerprint density at radius 2 is 1.76 bits per heavy atom. The van der Waals surface area contributed by atoms with E-state index in [0.717, 1.165) is 22.0 Å². The first kappa shape index (κ1) is 16.5. The average Bonchev–Trinajstić information content (AvgIpc) is 2.62. The number of fused-ring (bicyclic) bond motifs is 1. The highest BCUT2D eigenvalue weighted by Crippen LogP contribution is 2.20. The Morgan fingerprint density at radius 3 is 2.52 bits per heavy atom. The van der Waals surface area contributed by atoms with Crippen LogP contribution in [-0.2, 0) is 0 Å². The fourth-order valence-electron chi connectivity index (χ4n) is 2.70. The van der Waals surface area contributed by atoms with Gasteiger partial charge in [0.15, 0.2) is 5.78 Å². The molecule has 0 aliphatic heterocycles. The summed E-state index contributed by atoms with van der Waals surface area (Å²) in [6, 6.07) is 18.2. The molecule has 3 aromatic carbocycles. The number of aromatic carboxylic acids is 1. The van der Waals surface area contributed by atoms with E-state index in [2.05, 4.69) is 5.32 Å². The number of aryl methyl sites for hydroxylation is 1. The summed E-state index contributed by atoms with van der Waals surface area (Å²) >= 11 is 0. The van der Waals surface area contributed by atoms with Gasteiger partial charge in [0.25, 0.3) is 0 Å². The Balaban J connectivity index is 1.78. The molecule has 0 aromatic heterocycles. The van der Waals surface area contributed by atoms with Crippen molar-refractivity contribution >= 4 is 28.2 Å². The minimum absolute atomic E-state index is 0.0934. The summed E-state index contributed by atoms with van der Waals surface area (Å²) in [5.41, 5.74) is 2.43. The predicted octanol–water partition coefficient (Wildman–Crippen LogP) is 4.65. The number of carbonyl (C=O) groups is 2. The lowest BCUT2D eigenvalue weighted by molar-refractivity contribution is 0.0696. The van der Waals surface area contributed by atoms with Gasteiger partial charge in [-0.2, -0.15) is 0 Å². The number of carbonyl (C=O) groups excluding carboxylic acids is 1. The number of hydrogen-bond donors (Lipinski definition) is 2. The molecule has 0 fully saturated rings. The number of carboxylic acids is 1. The zero-order chi connectivity index (χ0) is 17.8. The molecule has 0 amide bonds. The highest BCUT2D eigenvalue weighted by Gasteiger charge is 2.07. The van der Waals surface area contributed by atoms with E-state index in [0.29, 0.717) is 5.56 Å². The molecular formula is C21H17NO3. The van der Waals surface area contributed by atoms with Crippen molar-refractivity contribution in [3.63, 3.8) is 0 Å². The molecule has 0 aliphatic carbocycles. The number of ketones is 1. The maximum atomic E-state index is 12.5. The number of nitrogens with one attached hydrogen (secondary N) is 1. The third-order valence-corrected chi connectivity index (χ3v) is 4.00. The first-order chi connectivity index (χ1) is 12.1. The molecule has 4 heteroatoms. The van der Waals surface area contributed by atoms with Crippen molar-refractivity contribution < 1.29 is 14.7 Å². The minimum Gasteiger partial charge on any atom is -0.478 e. The lowest BCUT2D eigenvalue weighted by atomic mass is 10.0. The van der Waals surface area contributed by atoms with E-state index in [9.17, 15) is 9.59 Å². The van der Waals surface area contributed by atoms with Crippen LogP contribution in [0.1, 0.15) is 26.3 Å². The van der Waals surface area contributed by atoms with Crippen molar-refractivity contribution in [3.8, 4) is 0 Å². The Bertz CT molecular complexity index is 984. The van der Waals surface area contributed by atoms with E-state index in [1.165, 1.54) is 12.1 Å². The molecule has 0 bridgehead atoms. The lowest BCUT2D eigenvalue weighted by Gasteiger charge is -2.06. The smallest absolute Gasteiger partial charge is 0.335 e. The number of carboxylic acid groups (broad SMARTS) is 1. The molecule has 124 valence electrons. The van der Waals surface area contributed by atoms with Crippen LogP contribution in [0.25, 0.3) is 10.8 Å². The molecule has 3 rings (SSSR count). The van der Waals surface area contributed by atoms with E-state index >= 15 is 0 Å². The Labute approximate surface area is 145 Å². The van der Waals surface area contributed by atoms with Gasteiger partial charge in [0.05, 0.1) is 5.56 Å². The molecule has 0 heterocycles. The Kier molecular flexibility index (Phi) is 4.61. The number of hydrogen-bond acceptors (Lipinski definition) is 3. The van der Waals surface area contributed by atoms with Crippen LogP contribution >= 0.6 is 0 Å². The number of rotatable bonds is 5. The molecule has 25 heavy (non-hydrogen) atoms. The van der Waals surface area contributed by atoms with Crippen LogP contribution in [0.15, 0.2) is 72.9 Å². The topological polar surface area (TPSA) is 66.4 Å². The Morgan fingerprint density at radius 1 is 1.00 bits per heavy atom. The molecule has 0 unspecified atom stereocenters. The van der Waals surface area contributed by atoms with Gasteiger partial charge in [-0.25, -0.2) is 4.79 Å². The molecule has 0 radical (unpaired) electrons. The monoisotopic (exact) mass is 331 g/mol. The normalized spacial score (nSPS) is 10.9. The van der Waals surface area contributed by atoms with E-state index in [1.54, 1.807) is 18.3 Å².